The summed E-state index contributed by atoms with van der Waals surface area (Å²) in [7, 11) is 0. The molecule has 0 saturated carbocycles. The van der Waals surface area contributed by atoms with Gasteiger partial charge in [0.25, 0.3) is 5.56 Å². The molecule has 8 heteroatoms. The van der Waals surface area contributed by atoms with Gasteiger partial charge in [0.15, 0.2) is 0 Å². The van der Waals surface area contributed by atoms with Gasteiger partial charge in [0.05, 0.1) is 0 Å². The molecule has 136 valence electrons. The van der Waals surface area contributed by atoms with Crippen LogP contribution in [0.15, 0.2) is 21.9 Å². The lowest BCUT2D eigenvalue weighted by molar-refractivity contribution is -0.136. The van der Waals surface area contributed by atoms with E-state index in [1.165, 1.54) is 16.8 Å². The predicted octanol–water partition coefficient (Wildman–Crippen LogP) is -0.0698. The van der Waals surface area contributed by atoms with Gasteiger partial charge < -0.3 is 9.80 Å². The molecule has 0 bridgehead atoms. The fourth-order valence-corrected chi connectivity index (χ4v) is 3.68. The molecule has 2 fully saturated rings. The molecule has 0 unspecified atom stereocenters. The van der Waals surface area contributed by atoms with Crippen LogP contribution >= 0.6 is 0 Å². The third-order valence-electron chi connectivity index (χ3n) is 5.05. The van der Waals surface area contributed by atoms with Gasteiger partial charge in [-0.2, -0.15) is 0 Å². The zero-order valence-electron chi connectivity index (χ0n) is 14.3. The number of aromatic nitrogens is 2. The van der Waals surface area contributed by atoms with E-state index in [0.29, 0.717) is 19.5 Å². The number of piperidine rings is 1. The van der Waals surface area contributed by atoms with E-state index in [0.717, 1.165) is 38.6 Å². The number of hydrogen-bond acceptors (Lipinski definition) is 4. The highest BCUT2D eigenvalue weighted by Crippen LogP contribution is 2.21. The number of hydrogen-bond donors (Lipinski definition) is 1. The molecule has 8 nitrogen and oxygen atoms in total. The van der Waals surface area contributed by atoms with E-state index >= 15 is 0 Å². The first-order valence-electron chi connectivity index (χ1n) is 8.91. The Morgan fingerprint density at radius 1 is 1.16 bits per heavy atom. The summed E-state index contributed by atoms with van der Waals surface area (Å²) in [4.78, 5) is 53.2. The van der Waals surface area contributed by atoms with Crippen LogP contribution < -0.4 is 11.2 Å². The summed E-state index contributed by atoms with van der Waals surface area (Å²) in [5, 5.41) is 0. The molecule has 0 radical (unpaired) electrons. The van der Waals surface area contributed by atoms with Crippen molar-refractivity contribution < 1.29 is 9.59 Å². The highest BCUT2D eigenvalue weighted by molar-refractivity contribution is 5.78. The van der Waals surface area contributed by atoms with Crippen LogP contribution in [0, 0.1) is 0 Å². The number of nitrogens with one attached hydrogen (secondary N) is 1. The monoisotopic (exact) mass is 348 g/mol. The maximum Gasteiger partial charge on any atom is 0.328 e. The first-order chi connectivity index (χ1) is 12.0. The first-order valence-corrected chi connectivity index (χ1v) is 8.91. The van der Waals surface area contributed by atoms with Crippen molar-refractivity contribution in [3.05, 3.63) is 33.1 Å². The number of rotatable bonds is 5. The Hall–Kier alpha value is -2.38. The van der Waals surface area contributed by atoms with Crippen molar-refractivity contribution in [2.45, 2.75) is 51.1 Å². The number of aromatic amines is 1. The van der Waals surface area contributed by atoms with Crippen LogP contribution in [0.1, 0.15) is 38.5 Å². The van der Waals surface area contributed by atoms with Gasteiger partial charge in [-0.25, -0.2) is 4.79 Å². The number of nitrogens with zero attached hydrogens (tertiary/aromatic N) is 3. The van der Waals surface area contributed by atoms with E-state index in [-0.39, 0.29) is 24.4 Å². The smallest absolute Gasteiger partial charge is 0.328 e. The fraction of sp³-hybridized carbons (Fsp3) is 0.647. The lowest BCUT2D eigenvalue weighted by Crippen LogP contribution is -2.47. The zero-order chi connectivity index (χ0) is 17.8. The van der Waals surface area contributed by atoms with E-state index < -0.39 is 11.2 Å². The molecule has 0 aliphatic carbocycles. The molecule has 0 spiro atoms. The van der Waals surface area contributed by atoms with Crippen molar-refractivity contribution in [1.29, 1.82) is 0 Å². The Bertz CT molecular complexity index is 754. The highest BCUT2D eigenvalue weighted by Gasteiger charge is 2.28. The summed E-state index contributed by atoms with van der Waals surface area (Å²) in [5.74, 6) is 0.0834. The Balaban J connectivity index is 1.63. The van der Waals surface area contributed by atoms with Gasteiger partial charge in [0, 0.05) is 44.4 Å². The molecule has 2 aliphatic heterocycles. The van der Waals surface area contributed by atoms with Crippen LogP contribution in [-0.2, 0) is 16.1 Å². The molecule has 1 aromatic heterocycles. The largest absolute Gasteiger partial charge is 0.343 e. The van der Waals surface area contributed by atoms with Crippen molar-refractivity contribution in [2.24, 2.45) is 0 Å². The molecule has 25 heavy (non-hydrogen) atoms. The third kappa shape index (κ3) is 4.18. The number of H-pyrrole nitrogens is 1. The van der Waals surface area contributed by atoms with Crippen LogP contribution in [-0.4, -0.2) is 56.8 Å². The average molecular weight is 348 g/mol. The summed E-state index contributed by atoms with van der Waals surface area (Å²) in [6, 6.07) is 1.34. The van der Waals surface area contributed by atoms with Gasteiger partial charge in [-0.1, -0.05) is 0 Å². The van der Waals surface area contributed by atoms with Gasteiger partial charge in [-0.15, -0.1) is 0 Å². The second-order valence-corrected chi connectivity index (χ2v) is 6.75. The summed E-state index contributed by atoms with van der Waals surface area (Å²) >= 11 is 0. The maximum absolute atomic E-state index is 12.7. The molecule has 2 amide bonds. The summed E-state index contributed by atoms with van der Waals surface area (Å²) in [5.41, 5.74) is -1.04. The lowest BCUT2D eigenvalue weighted by atomic mass is 9.99. The molecule has 3 rings (SSSR count). The second kappa shape index (κ2) is 7.67. The predicted molar refractivity (Wildman–Crippen MR) is 91.1 cm³/mol. The highest BCUT2D eigenvalue weighted by atomic mass is 16.2. The Morgan fingerprint density at radius 2 is 2.00 bits per heavy atom. The van der Waals surface area contributed by atoms with Crippen molar-refractivity contribution in [2.75, 3.05) is 19.6 Å². The minimum atomic E-state index is -0.572. The molecule has 2 aliphatic rings. The number of carbonyl (C=O) groups is 2. The number of amides is 2. The molecule has 1 atom stereocenters. The molecule has 0 aromatic carbocycles. The van der Waals surface area contributed by atoms with E-state index in [1.54, 1.807) is 0 Å². The fourth-order valence-electron chi connectivity index (χ4n) is 3.68. The van der Waals surface area contributed by atoms with E-state index in [1.807, 2.05) is 9.80 Å². The summed E-state index contributed by atoms with van der Waals surface area (Å²) < 4.78 is 1.22. The van der Waals surface area contributed by atoms with E-state index in [4.69, 9.17) is 0 Å². The molecule has 2 saturated heterocycles. The lowest BCUT2D eigenvalue weighted by Gasteiger charge is -2.36. The molecular weight excluding hydrogens is 324 g/mol. The van der Waals surface area contributed by atoms with Gasteiger partial charge in [0.2, 0.25) is 11.8 Å². The van der Waals surface area contributed by atoms with Gasteiger partial charge in [0.1, 0.15) is 6.54 Å². The SMILES string of the molecule is O=C1CCCN1CC[C@@H]1CCCCN1C(=O)Cn1ccc(=O)[nH]c1=O. The standard InChI is InChI=1S/C17H24N4O4/c22-14-7-11-20(17(25)18-14)12-16(24)21-9-2-1-4-13(21)6-10-19-8-3-5-15(19)23/h7,11,13H,1-6,8-10,12H2,(H,18,22,25)/t13-/m0/s1. The number of likely N-dealkylation sites (tertiary alicyclic amines) is 2. The van der Waals surface area contributed by atoms with Gasteiger partial charge in [-0.3, -0.25) is 23.9 Å². The Morgan fingerprint density at radius 3 is 2.72 bits per heavy atom. The van der Waals surface area contributed by atoms with Crippen LogP contribution in [0.25, 0.3) is 0 Å². The Labute approximate surface area is 145 Å². The molecular formula is C17H24N4O4. The normalized spacial score (nSPS) is 21.0. The minimum Gasteiger partial charge on any atom is -0.343 e. The summed E-state index contributed by atoms with van der Waals surface area (Å²) in [6.45, 7) is 2.10. The van der Waals surface area contributed by atoms with Crippen molar-refractivity contribution in [3.8, 4) is 0 Å². The van der Waals surface area contributed by atoms with Gasteiger partial charge >= 0.3 is 5.69 Å². The topological polar surface area (TPSA) is 95.5 Å². The quantitative estimate of drug-likeness (QED) is 0.806. The van der Waals surface area contributed by atoms with Crippen LogP contribution in [0.4, 0.5) is 0 Å². The minimum absolute atomic E-state index is 0.0746. The zero-order valence-corrected chi connectivity index (χ0v) is 14.3. The van der Waals surface area contributed by atoms with Crippen molar-refractivity contribution in [1.82, 2.24) is 19.4 Å². The summed E-state index contributed by atoms with van der Waals surface area (Å²) in [6.07, 6.45) is 6.61. The van der Waals surface area contributed by atoms with Crippen LogP contribution in [0.2, 0.25) is 0 Å². The second-order valence-electron chi connectivity index (χ2n) is 6.75. The van der Waals surface area contributed by atoms with Crippen molar-refractivity contribution in [3.63, 3.8) is 0 Å². The third-order valence-corrected chi connectivity index (χ3v) is 5.05. The molecule has 1 N–H and O–H groups in total. The van der Waals surface area contributed by atoms with E-state index in [9.17, 15) is 19.2 Å². The van der Waals surface area contributed by atoms with Crippen molar-refractivity contribution >= 4 is 11.8 Å². The molecule has 1 aromatic rings. The molecule has 3 heterocycles. The van der Waals surface area contributed by atoms with Crippen LogP contribution in [0.3, 0.4) is 0 Å². The van der Waals surface area contributed by atoms with Crippen LogP contribution in [0.5, 0.6) is 0 Å². The van der Waals surface area contributed by atoms with E-state index in [2.05, 4.69) is 4.98 Å². The van der Waals surface area contributed by atoms with Gasteiger partial charge in [-0.05, 0) is 32.1 Å². The number of carbonyl (C=O) groups excluding carboxylic acids is 2. The Kier molecular flexibility index (Phi) is 5.35. The maximum atomic E-state index is 12.7. The first kappa shape index (κ1) is 17.4. The average Bonchev–Trinajstić information content (AvgIpc) is 3.01.